The zero-order valence-electron chi connectivity index (χ0n) is 13.2. The second-order valence-corrected chi connectivity index (χ2v) is 8.55. The van der Waals surface area contributed by atoms with E-state index in [0.29, 0.717) is 11.3 Å². The van der Waals surface area contributed by atoms with Crippen molar-refractivity contribution in [3.05, 3.63) is 81.9 Å². The third kappa shape index (κ3) is 4.00. The first-order valence-corrected chi connectivity index (χ1v) is 10.5. The van der Waals surface area contributed by atoms with E-state index in [9.17, 15) is 8.42 Å². The molecule has 0 radical (unpaired) electrons. The van der Waals surface area contributed by atoms with Crippen LogP contribution in [0.1, 0.15) is 0 Å². The Morgan fingerprint density at radius 2 is 1.80 bits per heavy atom. The standard InChI is InChI=1S/C18H15BrN2O2S2/c1-2-12-21-17(14-6-4-3-5-7-14)13-24-18(21)20-25(22,23)16-10-8-15(19)9-11-16/h2-11,13H,1,12H2. The third-order valence-electron chi connectivity index (χ3n) is 3.49. The van der Waals surface area contributed by atoms with E-state index in [1.54, 1.807) is 18.2 Å². The molecule has 25 heavy (non-hydrogen) atoms. The predicted molar refractivity (Wildman–Crippen MR) is 105 cm³/mol. The molecule has 0 N–H and O–H groups in total. The molecule has 0 fully saturated rings. The summed E-state index contributed by atoms with van der Waals surface area (Å²) >= 11 is 4.60. The number of sulfonamides is 1. The summed E-state index contributed by atoms with van der Waals surface area (Å²) in [5.41, 5.74) is 1.92. The lowest BCUT2D eigenvalue weighted by molar-refractivity contribution is 0.595. The molecule has 1 aromatic heterocycles. The number of benzene rings is 2. The van der Waals surface area contributed by atoms with Crippen molar-refractivity contribution >= 4 is 37.3 Å². The molecule has 0 spiro atoms. The smallest absolute Gasteiger partial charge is 0.285 e. The van der Waals surface area contributed by atoms with Crippen LogP contribution in [0.25, 0.3) is 11.3 Å². The lowest BCUT2D eigenvalue weighted by Gasteiger charge is -2.06. The fraction of sp³-hybridized carbons (Fsp3) is 0.0556. The molecule has 0 saturated heterocycles. The van der Waals surface area contributed by atoms with Crippen LogP contribution in [0.5, 0.6) is 0 Å². The van der Waals surface area contributed by atoms with E-state index >= 15 is 0 Å². The highest BCUT2D eigenvalue weighted by molar-refractivity contribution is 9.10. The quantitative estimate of drug-likeness (QED) is 0.556. The van der Waals surface area contributed by atoms with Crippen molar-refractivity contribution < 1.29 is 8.42 Å². The van der Waals surface area contributed by atoms with Crippen LogP contribution in [-0.4, -0.2) is 13.0 Å². The molecule has 1 heterocycles. The van der Waals surface area contributed by atoms with E-state index in [-0.39, 0.29) is 4.90 Å². The summed E-state index contributed by atoms with van der Waals surface area (Å²) in [5.74, 6) is 0. The molecule has 3 rings (SSSR count). The van der Waals surface area contributed by atoms with E-state index in [2.05, 4.69) is 26.9 Å². The SMILES string of the molecule is C=CCn1c(-c2ccccc2)csc1=NS(=O)(=O)c1ccc(Br)cc1. The number of aromatic nitrogens is 1. The monoisotopic (exact) mass is 434 g/mol. The van der Waals surface area contributed by atoms with Gasteiger partial charge in [0.1, 0.15) is 0 Å². The van der Waals surface area contributed by atoms with Gasteiger partial charge in [-0.1, -0.05) is 52.3 Å². The Kier molecular flexibility index (Phi) is 5.36. The molecule has 7 heteroatoms. The van der Waals surface area contributed by atoms with Crippen LogP contribution in [0.15, 0.2) is 86.4 Å². The second kappa shape index (κ2) is 7.51. The van der Waals surface area contributed by atoms with Gasteiger partial charge in [-0.25, -0.2) is 0 Å². The molecular weight excluding hydrogens is 420 g/mol. The summed E-state index contributed by atoms with van der Waals surface area (Å²) in [4.78, 5) is 0.581. The fourth-order valence-electron chi connectivity index (χ4n) is 2.31. The Labute approximate surface area is 159 Å². The predicted octanol–water partition coefficient (Wildman–Crippen LogP) is 4.45. The van der Waals surface area contributed by atoms with Crippen LogP contribution >= 0.6 is 27.3 Å². The number of allylic oxidation sites excluding steroid dienone is 1. The average Bonchev–Trinajstić information content (AvgIpc) is 2.98. The van der Waals surface area contributed by atoms with Crippen molar-refractivity contribution in [2.45, 2.75) is 11.4 Å². The highest BCUT2D eigenvalue weighted by Crippen LogP contribution is 2.21. The van der Waals surface area contributed by atoms with Crippen LogP contribution in [0.2, 0.25) is 0 Å². The highest BCUT2D eigenvalue weighted by Gasteiger charge is 2.14. The number of halogens is 1. The van der Waals surface area contributed by atoms with Crippen LogP contribution in [0.4, 0.5) is 0 Å². The van der Waals surface area contributed by atoms with Gasteiger partial charge in [0.25, 0.3) is 10.0 Å². The van der Waals surface area contributed by atoms with Gasteiger partial charge in [-0.3, -0.25) is 0 Å². The van der Waals surface area contributed by atoms with Gasteiger partial charge >= 0.3 is 0 Å². The lowest BCUT2D eigenvalue weighted by Crippen LogP contribution is -2.17. The van der Waals surface area contributed by atoms with Crippen LogP contribution in [0, 0.1) is 0 Å². The van der Waals surface area contributed by atoms with Crippen LogP contribution in [-0.2, 0) is 16.6 Å². The summed E-state index contributed by atoms with van der Waals surface area (Å²) < 4.78 is 31.9. The maximum absolute atomic E-state index is 12.6. The molecule has 0 saturated carbocycles. The van der Waals surface area contributed by atoms with Gasteiger partial charge in [0.2, 0.25) is 4.80 Å². The van der Waals surface area contributed by atoms with E-state index in [1.165, 1.54) is 23.5 Å². The Bertz CT molecular complexity index is 1050. The largest absolute Gasteiger partial charge is 0.312 e. The van der Waals surface area contributed by atoms with Crippen molar-refractivity contribution in [1.82, 2.24) is 4.57 Å². The number of hydrogen-bond donors (Lipinski definition) is 0. The topological polar surface area (TPSA) is 51.4 Å². The van der Waals surface area contributed by atoms with Crippen molar-refractivity contribution in [3.8, 4) is 11.3 Å². The highest BCUT2D eigenvalue weighted by atomic mass is 79.9. The van der Waals surface area contributed by atoms with Crippen molar-refractivity contribution in [2.75, 3.05) is 0 Å². The van der Waals surface area contributed by atoms with E-state index in [1.807, 2.05) is 40.3 Å². The van der Waals surface area contributed by atoms with Gasteiger partial charge in [0.15, 0.2) is 0 Å². The van der Waals surface area contributed by atoms with Crippen molar-refractivity contribution in [1.29, 1.82) is 0 Å². The number of nitrogens with zero attached hydrogens (tertiary/aromatic N) is 2. The molecule has 0 bridgehead atoms. The minimum absolute atomic E-state index is 0.163. The summed E-state index contributed by atoms with van der Waals surface area (Å²) in [6, 6.07) is 16.2. The molecule has 128 valence electrons. The van der Waals surface area contributed by atoms with E-state index in [0.717, 1.165) is 15.7 Å². The van der Waals surface area contributed by atoms with Gasteiger partial charge in [0.05, 0.1) is 10.6 Å². The molecule has 3 aromatic rings. The first-order chi connectivity index (χ1) is 12.0. The minimum atomic E-state index is -3.78. The first-order valence-electron chi connectivity index (χ1n) is 7.42. The fourth-order valence-corrected chi connectivity index (χ4v) is 4.71. The summed E-state index contributed by atoms with van der Waals surface area (Å²) in [6.07, 6.45) is 1.73. The van der Waals surface area contributed by atoms with Gasteiger partial charge < -0.3 is 4.57 Å². The molecule has 2 aromatic carbocycles. The van der Waals surface area contributed by atoms with Crippen molar-refractivity contribution in [3.63, 3.8) is 0 Å². The Morgan fingerprint density at radius 3 is 2.44 bits per heavy atom. The van der Waals surface area contributed by atoms with Gasteiger partial charge in [-0.05, 0) is 29.8 Å². The van der Waals surface area contributed by atoms with E-state index < -0.39 is 10.0 Å². The van der Waals surface area contributed by atoms with E-state index in [4.69, 9.17) is 0 Å². The Hall–Kier alpha value is -1.96. The normalized spacial score (nSPS) is 12.3. The second-order valence-electron chi connectivity index (χ2n) is 5.19. The van der Waals surface area contributed by atoms with Crippen molar-refractivity contribution in [2.24, 2.45) is 4.40 Å². The molecule has 0 atom stereocenters. The Morgan fingerprint density at radius 1 is 1.12 bits per heavy atom. The lowest BCUT2D eigenvalue weighted by atomic mass is 10.2. The van der Waals surface area contributed by atoms with Gasteiger partial charge in [-0.15, -0.1) is 22.3 Å². The average molecular weight is 435 g/mol. The van der Waals surface area contributed by atoms with Gasteiger partial charge in [-0.2, -0.15) is 8.42 Å². The summed E-state index contributed by atoms with van der Waals surface area (Å²) in [6.45, 7) is 4.24. The van der Waals surface area contributed by atoms with Crippen LogP contribution < -0.4 is 4.80 Å². The van der Waals surface area contributed by atoms with Crippen LogP contribution in [0.3, 0.4) is 0 Å². The third-order valence-corrected chi connectivity index (χ3v) is 6.28. The summed E-state index contributed by atoms with van der Waals surface area (Å²) in [7, 11) is -3.78. The molecule has 0 aliphatic carbocycles. The zero-order chi connectivity index (χ0) is 17.9. The molecule has 0 unspecified atom stereocenters. The number of thiazole rings is 1. The number of rotatable bonds is 5. The maximum Gasteiger partial charge on any atom is 0.285 e. The summed E-state index contributed by atoms with van der Waals surface area (Å²) in [5, 5.41) is 1.91. The molecule has 0 aliphatic rings. The molecule has 0 aliphatic heterocycles. The Balaban J connectivity index is 2.13. The number of hydrogen-bond acceptors (Lipinski definition) is 3. The molecule has 4 nitrogen and oxygen atoms in total. The first kappa shape index (κ1) is 17.8. The zero-order valence-corrected chi connectivity index (χ0v) is 16.4. The van der Waals surface area contributed by atoms with Gasteiger partial charge in [0, 0.05) is 16.4 Å². The molecule has 0 amide bonds. The minimum Gasteiger partial charge on any atom is -0.312 e. The maximum atomic E-state index is 12.6. The molecular formula is C18H15BrN2O2S2.